The molecule has 0 saturated carbocycles. The first kappa shape index (κ1) is 21.0. The van der Waals surface area contributed by atoms with Crippen molar-refractivity contribution in [1.82, 2.24) is 15.3 Å². The summed E-state index contributed by atoms with van der Waals surface area (Å²) in [6.45, 7) is 7.87. The molecule has 1 aromatic heterocycles. The van der Waals surface area contributed by atoms with Gasteiger partial charge in [-0.25, -0.2) is 0 Å². The Morgan fingerprint density at radius 3 is 2.79 bits per heavy atom. The molecular weight excluding hydrogens is 376 g/mol. The van der Waals surface area contributed by atoms with Crippen LogP contribution in [0.25, 0.3) is 0 Å². The Bertz CT molecular complexity index is 641. The van der Waals surface area contributed by atoms with Crippen LogP contribution in [0.4, 0.5) is 17.6 Å². The van der Waals surface area contributed by atoms with Gasteiger partial charge in [-0.1, -0.05) is 0 Å². The van der Waals surface area contributed by atoms with Gasteiger partial charge in [0.05, 0.1) is 13.2 Å². The Kier molecular flexibility index (Phi) is 8.05. The quantitative estimate of drug-likeness (QED) is 0.520. The number of hydrogen-bond donors (Lipinski definition) is 2. The van der Waals surface area contributed by atoms with Crippen LogP contribution in [0.1, 0.15) is 32.6 Å². The lowest BCUT2D eigenvalue weighted by molar-refractivity contribution is 0.122. The average molecular weight is 409 g/mol. The highest BCUT2D eigenvalue weighted by Crippen LogP contribution is 2.27. The molecule has 8 nitrogen and oxygen atoms in total. The van der Waals surface area contributed by atoms with Gasteiger partial charge >= 0.3 is 0 Å². The van der Waals surface area contributed by atoms with Crippen molar-refractivity contribution in [2.24, 2.45) is 0 Å². The van der Waals surface area contributed by atoms with Crippen LogP contribution in [-0.2, 0) is 9.47 Å². The van der Waals surface area contributed by atoms with Crippen LogP contribution in [0, 0.1) is 0 Å². The van der Waals surface area contributed by atoms with E-state index in [1.165, 1.54) is 19.3 Å². The Morgan fingerprint density at radius 2 is 2.04 bits per heavy atom. The van der Waals surface area contributed by atoms with Gasteiger partial charge in [0.25, 0.3) is 0 Å². The molecule has 0 bridgehead atoms. The summed E-state index contributed by atoms with van der Waals surface area (Å²) in [6.07, 6.45) is 4.56. The van der Waals surface area contributed by atoms with Crippen molar-refractivity contribution in [1.29, 1.82) is 0 Å². The highest BCUT2D eigenvalue weighted by Gasteiger charge is 2.23. The van der Waals surface area contributed by atoms with Crippen molar-refractivity contribution in [3.63, 3.8) is 0 Å². The number of morpholine rings is 1. The van der Waals surface area contributed by atoms with Crippen molar-refractivity contribution in [2.45, 2.75) is 38.6 Å². The third-order valence-corrected chi connectivity index (χ3v) is 5.41. The lowest BCUT2D eigenvalue weighted by Crippen LogP contribution is -2.40. The summed E-state index contributed by atoms with van der Waals surface area (Å²) in [5.74, 6) is 2.44. The maximum absolute atomic E-state index is 5.49. The molecular formula is C19H32N6O2S. The van der Waals surface area contributed by atoms with Crippen LogP contribution in [-0.4, -0.2) is 74.2 Å². The van der Waals surface area contributed by atoms with E-state index in [9.17, 15) is 0 Å². The number of thiocarbonyl (C=S) groups is 1. The molecule has 0 radical (unpaired) electrons. The fourth-order valence-corrected chi connectivity index (χ4v) is 3.78. The topological polar surface area (TPSA) is 74.8 Å². The summed E-state index contributed by atoms with van der Waals surface area (Å²) in [6, 6.07) is 2.58. The zero-order chi connectivity index (χ0) is 19.8. The molecule has 2 N–H and O–H groups in total. The van der Waals surface area contributed by atoms with Crippen LogP contribution in [0.3, 0.4) is 0 Å². The van der Waals surface area contributed by atoms with Crippen molar-refractivity contribution in [3.8, 4) is 0 Å². The van der Waals surface area contributed by atoms with Gasteiger partial charge in [0.15, 0.2) is 5.11 Å². The first-order valence-corrected chi connectivity index (χ1v) is 10.6. The van der Waals surface area contributed by atoms with E-state index in [0.717, 1.165) is 57.4 Å². The molecule has 2 aliphatic heterocycles. The number of ether oxygens (including phenoxy) is 2. The van der Waals surface area contributed by atoms with Gasteiger partial charge in [0, 0.05) is 52.0 Å². The first-order chi connectivity index (χ1) is 13.7. The van der Waals surface area contributed by atoms with E-state index in [1.54, 1.807) is 7.11 Å². The smallest absolute Gasteiger partial charge is 0.232 e. The minimum absolute atomic E-state index is 0.480. The predicted octanol–water partition coefficient (Wildman–Crippen LogP) is 2.01. The van der Waals surface area contributed by atoms with Crippen LogP contribution in [0.2, 0.25) is 0 Å². The molecule has 3 heterocycles. The number of aromatic nitrogens is 2. The summed E-state index contributed by atoms with van der Waals surface area (Å²) >= 11 is 5.42. The van der Waals surface area contributed by atoms with E-state index in [0.29, 0.717) is 23.7 Å². The van der Waals surface area contributed by atoms with E-state index in [4.69, 9.17) is 31.7 Å². The maximum atomic E-state index is 5.49. The average Bonchev–Trinajstić information content (AvgIpc) is 2.72. The number of nitrogens with zero attached hydrogens (tertiary/aromatic N) is 4. The van der Waals surface area contributed by atoms with Crippen LogP contribution in [0.5, 0.6) is 0 Å². The van der Waals surface area contributed by atoms with Gasteiger partial charge in [0.1, 0.15) is 11.6 Å². The Balaban J connectivity index is 1.75. The largest absolute Gasteiger partial charge is 0.385 e. The van der Waals surface area contributed by atoms with Gasteiger partial charge in [-0.3, -0.25) is 0 Å². The molecule has 1 aromatic rings. The maximum Gasteiger partial charge on any atom is 0.232 e. The van der Waals surface area contributed by atoms with E-state index in [2.05, 4.69) is 33.4 Å². The van der Waals surface area contributed by atoms with Crippen molar-refractivity contribution in [2.75, 3.05) is 68.2 Å². The summed E-state index contributed by atoms with van der Waals surface area (Å²) in [4.78, 5) is 14.1. The summed E-state index contributed by atoms with van der Waals surface area (Å²) in [5, 5.41) is 6.89. The summed E-state index contributed by atoms with van der Waals surface area (Å²) < 4.78 is 10.6. The van der Waals surface area contributed by atoms with E-state index in [-0.39, 0.29) is 0 Å². The molecule has 2 fully saturated rings. The molecule has 3 rings (SSSR count). The first-order valence-electron chi connectivity index (χ1n) is 10.2. The van der Waals surface area contributed by atoms with Crippen LogP contribution in [0.15, 0.2) is 6.07 Å². The summed E-state index contributed by atoms with van der Waals surface area (Å²) in [5.41, 5.74) is 0. The summed E-state index contributed by atoms with van der Waals surface area (Å²) in [7, 11) is 1.70. The highest BCUT2D eigenvalue weighted by molar-refractivity contribution is 7.80. The molecule has 0 amide bonds. The highest BCUT2D eigenvalue weighted by atomic mass is 32.1. The van der Waals surface area contributed by atoms with Gasteiger partial charge < -0.3 is 29.9 Å². The fourth-order valence-electron chi connectivity index (χ4n) is 3.58. The number of methoxy groups -OCH3 is 1. The normalized spacial score (nSPS) is 20.1. The van der Waals surface area contributed by atoms with Crippen molar-refractivity contribution >= 4 is 34.9 Å². The molecule has 1 atom stereocenters. The van der Waals surface area contributed by atoms with E-state index >= 15 is 0 Å². The van der Waals surface area contributed by atoms with Crippen LogP contribution >= 0.6 is 12.2 Å². The lowest BCUT2D eigenvalue weighted by atomic mass is 10.0. The van der Waals surface area contributed by atoms with E-state index < -0.39 is 0 Å². The third-order valence-electron chi connectivity index (χ3n) is 5.17. The van der Waals surface area contributed by atoms with Gasteiger partial charge in [-0.2, -0.15) is 9.97 Å². The molecule has 0 spiro atoms. The molecule has 9 heteroatoms. The number of anilines is 3. The molecule has 2 saturated heterocycles. The number of piperidine rings is 1. The third kappa shape index (κ3) is 5.89. The Morgan fingerprint density at radius 1 is 1.25 bits per heavy atom. The minimum Gasteiger partial charge on any atom is -0.385 e. The Hall–Kier alpha value is -1.71. The monoisotopic (exact) mass is 408 g/mol. The van der Waals surface area contributed by atoms with Crippen molar-refractivity contribution in [3.05, 3.63) is 6.07 Å². The second kappa shape index (κ2) is 10.7. The molecule has 0 unspecified atom stereocenters. The fraction of sp³-hybridized carbons (Fsp3) is 0.737. The molecule has 2 aliphatic rings. The van der Waals surface area contributed by atoms with Gasteiger partial charge in [-0.05, 0) is 44.8 Å². The standard InChI is InChI=1S/C19H32N6O2S/c1-15-6-3-4-8-25(15)17-14-16(24-9-12-27-13-10-24)21-18(22-17)23-19(28)20-7-5-11-26-2/h14-15H,3-13H2,1-2H3,(H2,20,21,22,23,28)/t15-/m1/s1. The van der Waals surface area contributed by atoms with Gasteiger partial charge in [-0.15, -0.1) is 0 Å². The van der Waals surface area contributed by atoms with Crippen molar-refractivity contribution < 1.29 is 9.47 Å². The Labute approximate surface area is 173 Å². The number of nitrogens with one attached hydrogen (secondary N) is 2. The zero-order valence-corrected chi connectivity index (χ0v) is 17.8. The minimum atomic E-state index is 0.480. The molecule has 28 heavy (non-hydrogen) atoms. The predicted molar refractivity (Wildman–Crippen MR) is 116 cm³/mol. The van der Waals surface area contributed by atoms with Gasteiger partial charge in [0.2, 0.25) is 5.95 Å². The van der Waals surface area contributed by atoms with E-state index in [1.807, 2.05) is 0 Å². The molecule has 0 aromatic carbocycles. The molecule has 156 valence electrons. The second-order valence-electron chi connectivity index (χ2n) is 7.27. The second-order valence-corrected chi connectivity index (χ2v) is 7.68. The lowest BCUT2D eigenvalue weighted by Gasteiger charge is -2.35. The number of rotatable bonds is 7. The zero-order valence-electron chi connectivity index (χ0n) is 16.9. The molecule has 0 aliphatic carbocycles. The SMILES string of the molecule is COCCCNC(=S)Nc1nc(N2CCOCC2)cc(N2CCCC[C@H]2C)n1. The van der Waals surface area contributed by atoms with Crippen LogP contribution < -0.4 is 20.4 Å². The number of hydrogen-bond acceptors (Lipinski definition) is 7.